The normalized spacial score (nSPS) is 16.9. The SMILES string of the molecule is COC1CCN(c2c(N(C)Cc3ccc(-c4noc(C(F)(F)F)n4)cc3)c(=O)c2=O)C1. The molecule has 1 aliphatic heterocycles. The monoisotopic (exact) mass is 436 g/mol. The molecule has 31 heavy (non-hydrogen) atoms. The average Bonchev–Trinajstić information content (AvgIpc) is 3.41. The number of hydrogen-bond acceptors (Lipinski definition) is 8. The third kappa shape index (κ3) is 3.92. The van der Waals surface area contributed by atoms with Gasteiger partial charge >= 0.3 is 12.1 Å². The molecule has 164 valence electrons. The fourth-order valence-electron chi connectivity index (χ4n) is 3.71. The Kier molecular flexibility index (Phi) is 5.29. The zero-order valence-corrected chi connectivity index (χ0v) is 16.8. The topological polar surface area (TPSA) is 88.8 Å². The first-order chi connectivity index (χ1) is 14.7. The second-order valence-corrected chi connectivity index (χ2v) is 7.42. The van der Waals surface area contributed by atoms with E-state index >= 15 is 0 Å². The van der Waals surface area contributed by atoms with Crippen molar-refractivity contribution in [3.8, 4) is 11.4 Å². The van der Waals surface area contributed by atoms with Gasteiger partial charge in [0.15, 0.2) is 0 Å². The van der Waals surface area contributed by atoms with Crippen molar-refractivity contribution in [3.63, 3.8) is 0 Å². The molecule has 0 radical (unpaired) electrons. The van der Waals surface area contributed by atoms with Crippen LogP contribution < -0.4 is 20.7 Å². The molecule has 2 aromatic carbocycles. The van der Waals surface area contributed by atoms with E-state index in [1.54, 1.807) is 43.3 Å². The standard InChI is InChI=1S/C20H19F3N4O4/c1-26(14-15(17(29)16(14)28)27-8-7-13(10-27)30-2)9-11-3-5-12(6-4-11)18-24-19(31-25-18)20(21,22)23/h3-6,13H,7-10H2,1-2H3. The highest BCUT2D eigenvalue weighted by atomic mass is 19.4. The molecule has 1 atom stereocenters. The molecule has 0 aliphatic carbocycles. The summed E-state index contributed by atoms with van der Waals surface area (Å²) in [6.45, 7) is 1.53. The highest BCUT2D eigenvalue weighted by Crippen LogP contribution is 2.30. The minimum atomic E-state index is -4.70. The van der Waals surface area contributed by atoms with Gasteiger partial charge < -0.3 is 19.1 Å². The Morgan fingerprint density at radius 1 is 1.23 bits per heavy atom. The molecule has 3 aromatic rings. The number of hydrogen-bond donors (Lipinski definition) is 0. The van der Waals surface area contributed by atoms with Crippen molar-refractivity contribution in [2.45, 2.75) is 25.2 Å². The lowest BCUT2D eigenvalue weighted by Crippen LogP contribution is -2.44. The van der Waals surface area contributed by atoms with E-state index in [9.17, 15) is 22.8 Å². The Hall–Kier alpha value is -3.21. The largest absolute Gasteiger partial charge is 0.471 e. The van der Waals surface area contributed by atoms with E-state index in [1.807, 2.05) is 4.90 Å². The van der Waals surface area contributed by atoms with E-state index in [-0.39, 0.29) is 11.9 Å². The van der Waals surface area contributed by atoms with Crippen molar-refractivity contribution < 1.29 is 22.4 Å². The lowest BCUT2D eigenvalue weighted by atomic mass is 10.1. The number of alkyl halides is 3. The van der Waals surface area contributed by atoms with Gasteiger partial charge in [-0.3, -0.25) is 9.59 Å². The molecule has 0 bridgehead atoms. The lowest BCUT2D eigenvalue weighted by Gasteiger charge is -2.28. The van der Waals surface area contributed by atoms with Gasteiger partial charge in [-0.25, -0.2) is 0 Å². The number of aromatic nitrogens is 2. The van der Waals surface area contributed by atoms with Crippen molar-refractivity contribution >= 4 is 11.4 Å². The minimum Gasteiger partial charge on any atom is -0.380 e. The average molecular weight is 436 g/mol. The molecule has 1 saturated heterocycles. The van der Waals surface area contributed by atoms with Gasteiger partial charge in [0.2, 0.25) is 5.82 Å². The zero-order chi connectivity index (χ0) is 22.3. The Bertz CT molecular complexity index is 1150. The fraction of sp³-hybridized carbons (Fsp3) is 0.400. The van der Waals surface area contributed by atoms with Gasteiger partial charge in [0.1, 0.15) is 11.4 Å². The summed E-state index contributed by atoms with van der Waals surface area (Å²) in [5.41, 5.74) is 0.908. The molecular formula is C20H19F3N4O4. The summed E-state index contributed by atoms with van der Waals surface area (Å²) < 4.78 is 47.4. The predicted molar refractivity (Wildman–Crippen MR) is 106 cm³/mol. The third-order valence-electron chi connectivity index (χ3n) is 5.34. The van der Waals surface area contributed by atoms with Crippen molar-refractivity contribution in [2.75, 3.05) is 37.0 Å². The Morgan fingerprint density at radius 2 is 1.94 bits per heavy atom. The molecule has 4 rings (SSSR count). The highest BCUT2D eigenvalue weighted by molar-refractivity contribution is 5.76. The maximum Gasteiger partial charge on any atom is 0.471 e. The number of methoxy groups -OCH3 is 1. The van der Waals surface area contributed by atoms with Gasteiger partial charge in [0, 0.05) is 39.4 Å². The molecule has 8 nitrogen and oxygen atoms in total. The van der Waals surface area contributed by atoms with Crippen LogP contribution in [0, 0.1) is 0 Å². The Labute approximate surface area is 174 Å². The molecule has 0 saturated carbocycles. The summed E-state index contributed by atoms with van der Waals surface area (Å²) in [5, 5.41) is 3.36. The Balaban J connectivity index is 1.48. The van der Waals surface area contributed by atoms with Crippen LogP contribution in [0.25, 0.3) is 11.4 Å². The molecule has 0 amide bonds. The van der Waals surface area contributed by atoms with Crippen LogP contribution in [0.15, 0.2) is 38.4 Å². The van der Waals surface area contributed by atoms with Crippen molar-refractivity contribution in [2.24, 2.45) is 0 Å². The van der Waals surface area contributed by atoms with Gasteiger partial charge in [-0.1, -0.05) is 29.4 Å². The summed E-state index contributed by atoms with van der Waals surface area (Å²) in [7, 11) is 3.33. The molecule has 1 aliphatic rings. The molecule has 2 heterocycles. The number of nitrogens with zero attached hydrogens (tertiary/aromatic N) is 4. The predicted octanol–water partition coefficient (Wildman–Crippen LogP) is 2.21. The van der Waals surface area contributed by atoms with Gasteiger partial charge in [-0.2, -0.15) is 18.2 Å². The van der Waals surface area contributed by atoms with Crippen LogP contribution in [0.1, 0.15) is 17.9 Å². The number of anilines is 2. The van der Waals surface area contributed by atoms with Crippen molar-refractivity contribution in [1.82, 2.24) is 10.1 Å². The van der Waals surface area contributed by atoms with Gasteiger partial charge in [0.05, 0.1) is 6.10 Å². The molecule has 1 aromatic heterocycles. The minimum absolute atomic E-state index is 0.0260. The maximum absolute atomic E-state index is 12.6. The molecular weight excluding hydrogens is 417 g/mol. The van der Waals surface area contributed by atoms with Crippen molar-refractivity contribution in [3.05, 3.63) is 56.2 Å². The first kappa shape index (κ1) is 21.0. The second kappa shape index (κ2) is 7.80. The summed E-state index contributed by atoms with van der Waals surface area (Å²) in [6, 6.07) is 6.52. The van der Waals surface area contributed by atoms with E-state index < -0.39 is 22.9 Å². The van der Waals surface area contributed by atoms with Gasteiger partial charge in [-0.15, -0.1) is 0 Å². The van der Waals surface area contributed by atoms with Crippen LogP contribution in [0.2, 0.25) is 0 Å². The molecule has 11 heteroatoms. The highest BCUT2D eigenvalue weighted by Gasteiger charge is 2.38. The number of ether oxygens (including phenoxy) is 1. The fourth-order valence-corrected chi connectivity index (χ4v) is 3.71. The first-order valence-electron chi connectivity index (χ1n) is 9.51. The van der Waals surface area contributed by atoms with Gasteiger partial charge in [0.25, 0.3) is 10.9 Å². The quantitative estimate of drug-likeness (QED) is 0.544. The third-order valence-corrected chi connectivity index (χ3v) is 5.34. The summed E-state index contributed by atoms with van der Waals surface area (Å²) in [4.78, 5) is 31.3. The maximum atomic E-state index is 12.6. The van der Waals surface area contributed by atoms with Crippen LogP contribution in [-0.4, -0.2) is 43.5 Å². The van der Waals surface area contributed by atoms with E-state index in [2.05, 4.69) is 14.7 Å². The summed E-state index contributed by atoms with van der Waals surface area (Å²) in [5.74, 6) is -1.57. The summed E-state index contributed by atoms with van der Waals surface area (Å²) in [6.07, 6.45) is -3.89. The lowest BCUT2D eigenvalue weighted by molar-refractivity contribution is -0.159. The van der Waals surface area contributed by atoms with Crippen LogP contribution in [0.5, 0.6) is 0 Å². The van der Waals surface area contributed by atoms with E-state index in [0.29, 0.717) is 36.6 Å². The zero-order valence-electron chi connectivity index (χ0n) is 16.8. The molecule has 1 unspecified atom stereocenters. The van der Waals surface area contributed by atoms with Crippen LogP contribution in [0.3, 0.4) is 0 Å². The molecule has 0 spiro atoms. The molecule has 0 N–H and O–H groups in total. The van der Waals surface area contributed by atoms with E-state index in [0.717, 1.165) is 12.0 Å². The smallest absolute Gasteiger partial charge is 0.380 e. The summed E-state index contributed by atoms with van der Waals surface area (Å²) >= 11 is 0. The molecule has 1 fully saturated rings. The number of rotatable bonds is 6. The van der Waals surface area contributed by atoms with Crippen LogP contribution in [0.4, 0.5) is 24.5 Å². The number of halogens is 3. The Morgan fingerprint density at radius 3 is 2.52 bits per heavy atom. The second-order valence-electron chi connectivity index (χ2n) is 7.42. The van der Waals surface area contributed by atoms with Crippen molar-refractivity contribution in [1.29, 1.82) is 0 Å². The van der Waals surface area contributed by atoms with Gasteiger partial charge in [-0.05, 0) is 12.0 Å². The van der Waals surface area contributed by atoms with Crippen LogP contribution >= 0.6 is 0 Å². The van der Waals surface area contributed by atoms with E-state index in [4.69, 9.17) is 4.74 Å². The van der Waals surface area contributed by atoms with E-state index in [1.165, 1.54) is 0 Å². The first-order valence-corrected chi connectivity index (χ1v) is 9.51. The number of benzene rings is 1. The van der Waals surface area contributed by atoms with Crippen LogP contribution in [-0.2, 0) is 17.5 Å².